The molecule has 0 bridgehead atoms. The number of aromatic nitrogens is 1. The molecule has 4 N–H and O–H groups in total. The Kier molecular flexibility index (Phi) is 7.08. The summed E-state index contributed by atoms with van der Waals surface area (Å²) < 4.78 is 5.32. The van der Waals surface area contributed by atoms with E-state index in [-0.39, 0.29) is 5.91 Å². The van der Waals surface area contributed by atoms with Crippen molar-refractivity contribution in [3.05, 3.63) is 18.3 Å². The van der Waals surface area contributed by atoms with Gasteiger partial charge in [0, 0.05) is 32.6 Å². The second-order valence-electron chi connectivity index (χ2n) is 5.25. The second-order valence-corrected chi connectivity index (χ2v) is 5.25. The summed E-state index contributed by atoms with van der Waals surface area (Å²) in [6.07, 6.45) is 2.85. The highest BCUT2D eigenvalue weighted by atomic mass is 16.5. The third-order valence-corrected chi connectivity index (χ3v) is 3.50. The van der Waals surface area contributed by atoms with Crippen molar-refractivity contribution < 1.29 is 9.53 Å². The van der Waals surface area contributed by atoms with Crippen molar-refractivity contribution in [2.75, 3.05) is 56.6 Å². The number of nitrogens with one attached hydrogen (secondary N) is 2. The van der Waals surface area contributed by atoms with Crippen molar-refractivity contribution >= 4 is 17.4 Å². The van der Waals surface area contributed by atoms with Gasteiger partial charge in [-0.2, -0.15) is 0 Å². The Bertz CT molecular complexity index is 446. The first-order valence-corrected chi connectivity index (χ1v) is 7.78. The molecule has 1 aromatic rings. The fourth-order valence-electron chi connectivity index (χ4n) is 2.22. The molecule has 122 valence electrons. The van der Waals surface area contributed by atoms with E-state index in [1.165, 1.54) is 0 Å². The predicted molar refractivity (Wildman–Crippen MR) is 86.9 cm³/mol. The minimum absolute atomic E-state index is 0.0500. The molecule has 7 heteroatoms. The van der Waals surface area contributed by atoms with Crippen LogP contribution in [-0.2, 0) is 9.53 Å². The number of carbonyl (C=O) groups is 1. The number of rotatable bonds is 8. The van der Waals surface area contributed by atoms with Crippen LogP contribution in [0.15, 0.2) is 18.3 Å². The van der Waals surface area contributed by atoms with Crippen LogP contribution in [0.5, 0.6) is 0 Å². The molecule has 0 aromatic carbocycles. The molecule has 1 saturated heterocycles. The molecule has 22 heavy (non-hydrogen) atoms. The molecule has 0 spiro atoms. The lowest BCUT2D eigenvalue weighted by Gasteiger charge is -2.26. The van der Waals surface area contributed by atoms with E-state index in [4.69, 9.17) is 10.5 Å². The number of morpholine rings is 1. The highest BCUT2D eigenvalue weighted by Crippen LogP contribution is 2.10. The van der Waals surface area contributed by atoms with Gasteiger partial charge in [-0.1, -0.05) is 0 Å². The van der Waals surface area contributed by atoms with Crippen molar-refractivity contribution in [3.8, 4) is 0 Å². The van der Waals surface area contributed by atoms with Crippen LogP contribution in [0.4, 0.5) is 11.5 Å². The summed E-state index contributed by atoms with van der Waals surface area (Å²) in [5.41, 5.74) is 6.33. The fourth-order valence-corrected chi connectivity index (χ4v) is 2.22. The number of nitrogens with two attached hydrogens (primary N) is 1. The number of nitrogens with zero attached hydrogens (tertiary/aromatic N) is 2. The maximum atomic E-state index is 11.6. The molecule has 1 aliphatic rings. The van der Waals surface area contributed by atoms with E-state index < -0.39 is 0 Å². The van der Waals surface area contributed by atoms with Gasteiger partial charge in [0.25, 0.3) is 0 Å². The van der Waals surface area contributed by atoms with Gasteiger partial charge in [-0.15, -0.1) is 0 Å². The monoisotopic (exact) mass is 307 g/mol. The lowest BCUT2D eigenvalue weighted by molar-refractivity contribution is -0.116. The van der Waals surface area contributed by atoms with Crippen molar-refractivity contribution in [1.82, 2.24) is 9.88 Å². The third-order valence-electron chi connectivity index (χ3n) is 3.50. The van der Waals surface area contributed by atoms with Gasteiger partial charge in [-0.25, -0.2) is 4.98 Å². The van der Waals surface area contributed by atoms with Gasteiger partial charge in [0.2, 0.25) is 5.91 Å². The average Bonchev–Trinajstić information content (AvgIpc) is 2.55. The number of hydrogen-bond acceptors (Lipinski definition) is 6. The Morgan fingerprint density at radius 3 is 2.86 bits per heavy atom. The van der Waals surface area contributed by atoms with E-state index in [0.29, 0.717) is 25.2 Å². The molecule has 0 unspecified atom stereocenters. The SMILES string of the molecule is NCCCC(=O)Nc1ccc(NCCN2CCOCC2)cn1. The maximum Gasteiger partial charge on any atom is 0.225 e. The van der Waals surface area contributed by atoms with Crippen molar-refractivity contribution in [3.63, 3.8) is 0 Å². The van der Waals surface area contributed by atoms with Crippen molar-refractivity contribution in [2.45, 2.75) is 12.8 Å². The van der Waals surface area contributed by atoms with Crippen molar-refractivity contribution in [1.29, 1.82) is 0 Å². The summed E-state index contributed by atoms with van der Waals surface area (Å²) in [7, 11) is 0. The number of ether oxygens (including phenoxy) is 1. The molecule has 2 heterocycles. The first-order valence-electron chi connectivity index (χ1n) is 7.78. The van der Waals surface area contributed by atoms with Gasteiger partial charge < -0.3 is 21.1 Å². The van der Waals surface area contributed by atoms with Crippen LogP contribution in [0.3, 0.4) is 0 Å². The minimum atomic E-state index is -0.0500. The summed E-state index contributed by atoms with van der Waals surface area (Å²) in [6, 6.07) is 3.72. The first-order chi connectivity index (χ1) is 10.8. The lowest BCUT2D eigenvalue weighted by Crippen LogP contribution is -2.39. The highest BCUT2D eigenvalue weighted by Gasteiger charge is 2.09. The zero-order valence-corrected chi connectivity index (χ0v) is 12.9. The molecule has 0 radical (unpaired) electrons. The molecule has 1 fully saturated rings. The van der Waals surface area contributed by atoms with Crippen LogP contribution in [0, 0.1) is 0 Å². The van der Waals surface area contributed by atoms with Gasteiger partial charge >= 0.3 is 0 Å². The van der Waals surface area contributed by atoms with E-state index in [1.807, 2.05) is 6.07 Å². The largest absolute Gasteiger partial charge is 0.383 e. The van der Waals surface area contributed by atoms with E-state index in [2.05, 4.69) is 20.5 Å². The quantitative estimate of drug-likeness (QED) is 0.648. The fraction of sp³-hybridized carbons (Fsp3) is 0.600. The van der Waals surface area contributed by atoms with Gasteiger partial charge in [-0.05, 0) is 25.1 Å². The van der Waals surface area contributed by atoms with Crippen LogP contribution in [0.1, 0.15) is 12.8 Å². The standard InChI is InChI=1S/C15H25N5O2/c16-5-1-2-15(21)19-14-4-3-13(12-18-14)17-6-7-20-8-10-22-11-9-20/h3-4,12,17H,1-2,5-11,16H2,(H,18,19,21). The van der Waals surface area contributed by atoms with Crippen molar-refractivity contribution in [2.24, 2.45) is 5.73 Å². The molecule has 0 atom stereocenters. The second kappa shape index (κ2) is 9.34. The predicted octanol–water partition coefficient (Wildman–Crippen LogP) is 0.503. The Hall–Kier alpha value is -1.70. The number of hydrogen-bond donors (Lipinski definition) is 3. The zero-order chi connectivity index (χ0) is 15.6. The molecule has 0 saturated carbocycles. The van der Waals surface area contributed by atoms with Crippen LogP contribution in [0.2, 0.25) is 0 Å². The smallest absolute Gasteiger partial charge is 0.225 e. The summed E-state index contributed by atoms with van der Waals surface area (Å²) in [5, 5.41) is 6.09. The molecule has 1 aliphatic heterocycles. The average molecular weight is 307 g/mol. The minimum Gasteiger partial charge on any atom is -0.383 e. The highest BCUT2D eigenvalue weighted by molar-refractivity contribution is 5.89. The van der Waals surface area contributed by atoms with E-state index in [9.17, 15) is 4.79 Å². The summed E-state index contributed by atoms with van der Waals surface area (Å²) in [5.74, 6) is 0.520. The Morgan fingerprint density at radius 2 is 2.18 bits per heavy atom. The van der Waals surface area contributed by atoms with E-state index in [0.717, 1.165) is 45.1 Å². The topological polar surface area (TPSA) is 92.5 Å². The van der Waals surface area contributed by atoms with E-state index >= 15 is 0 Å². The first kappa shape index (κ1) is 16.7. The molecule has 1 amide bonds. The number of pyridine rings is 1. The molecular formula is C15H25N5O2. The van der Waals surface area contributed by atoms with Crippen LogP contribution in [0.25, 0.3) is 0 Å². The molecule has 0 aliphatic carbocycles. The van der Waals surface area contributed by atoms with Crippen LogP contribution >= 0.6 is 0 Å². The number of amides is 1. The van der Waals surface area contributed by atoms with Gasteiger partial charge in [0.15, 0.2) is 0 Å². The van der Waals surface area contributed by atoms with Gasteiger partial charge in [-0.3, -0.25) is 9.69 Å². The zero-order valence-electron chi connectivity index (χ0n) is 12.9. The van der Waals surface area contributed by atoms with Gasteiger partial charge in [0.1, 0.15) is 5.82 Å². The Balaban J connectivity index is 1.68. The third kappa shape index (κ3) is 5.97. The van der Waals surface area contributed by atoms with Crippen LogP contribution < -0.4 is 16.4 Å². The number of carbonyl (C=O) groups excluding carboxylic acids is 1. The summed E-state index contributed by atoms with van der Waals surface area (Å²) in [4.78, 5) is 18.2. The maximum absolute atomic E-state index is 11.6. The summed E-state index contributed by atoms with van der Waals surface area (Å²) >= 11 is 0. The lowest BCUT2D eigenvalue weighted by atomic mass is 10.3. The van der Waals surface area contributed by atoms with Crippen LogP contribution in [-0.4, -0.2) is 61.7 Å². The summed E-state index contributed by atoms with van der Waals surface area (Å²) in [6.45, 7) is 6.00. The Morgan fingerprint density at radius 1 is 1.36 bits per heavy atom. The normalized spacial score (nSPS) is 15.5. The van der Waals surface area contributed by atoms with E-state index in [1.54, 1.807) is 12.3 Å². The molecule has 7 nitrogen and oxygen atoms in total. The molecule has 1 aromatic heterocycles. The van der Waals surface area contributed by atoms with Gasteiger partial charge in [0.05, 0.1) is 25.1 Å². The Labute approximate surface area is 131 Å². The number of anilines is 2. The molecule has 2 rings (SSSR count). The molecular weight excluding hydrogens is 282 g/mol.